The molecule has 0 unspecified atom stereocenters. The number of hydrogen-bond donors (Lipinski definition) is 2. The summed E-state index contributed by atoms with van der Waals surface area (Å²) >= 11 is 6.09. The lowest BCUT2D eigenvalue weighted by Crippen LogP contribution is -2.35. The van der Waals surface area contributed by atoms with Crippen LogP contribution in [0.4, 0.5) is 11.4 Å². The van der Waals surface area contributed by atoms with Gasteiger partial charge in [0.05, 0.1) is 12.8 Å². The van der Waals surface area contributed by atoms with E-state index in [9.17, 15) is 9.59 Å². The standard InChI is InChI=1S/C19H19ClN2O3/c1-12-13(20)6-5-8-14(12)21-17(23)19(10-11-19)18(24)22-15-7-3-4-9-16(15)25-2/h3-9H,10-11H2,1-2H3,(H,21,23)(H,22,24). The molecule has 0 aliphatic heterocycles. The number of amides is 2. The van der Waals surface area contributed by atoms with Gasteiger partial charge in [0.2, 0.25) is 11.8 Å². The number of anilines is 2. The normalized spacial score (nSPS) is 14.5. The zero-order valence-corrected chi connectivity index (χ0v) is 14.8. The van der Waals surface area contributed by atoms with E-state index in [-0.39, 0.29) is 11.8 Å². The van der Waals surface area contributed by atoms with Crippen molar-refractivity contribution < 1.29 is 14.3 Å². The van der Waals surface area contributed by atoms with Crippen molar-refractivity contribution in [3.8, 4) is 5.75 Å². The minimum absolute atomic E-state index is 0.315. The molecule has 0 radical (unpaired) electrons. The average molecular weight is 359 g/mol. The molecule has 2 aromatic carbocycles. The number of ether oxygens (including phenoxy) is 1. The number of methoxy groups -OCH3 is 1. The smallest absolute Gasteiger partial charge is 0.240 e. The molecule has 0 aromatic heterocycles. The lowest BCUT2D eigenvalue weighted by molar-refractivity contribution is -0.131. The molecular formula is C19H19ClN2O3. The minimum atomic E-state index is -1.05. The summed E-state index contributed by atoms with van der Waals surface area (Å²) in [5.41, 5.74) is 0.899. The number of carbonyl (C=O) groups is 2. The van der Waals surface area contributed by atoms with E-state index in [1.807, 2.05) is 13.0 Å². The third-order valence-corrected chi connectivity index (χ3v) is 4.90. The zero-order chi connectivity index (χ0) is 18.0. The van der Waals surface area contributed by atoms with Crippen LogP contribution in [0.15, 0.2) is 42.5 Å². The van der Waals surface area contributed by atoms with E-state index in [1.54, 1.807) is 36.4 Å². The van der Waals surface area contributed by atoms with E-state index >= 15 is 0 Å². The minimum Gasteiger partial charge on any atom is -0.495 e. The SMILES string of the molecule is COc1ccccc1NC(=O)C1(C(=O)Nc2cccc(Cl)c2C)CC1. The molecule has 3 rings (SSSR count). The molecular weight excluding hydrogens is 340 g/mol. The van der Waals surface area contributed by atoms with Crippen molar-refractivity contribution in [2.45, 2.75) is 19.8 Å². The summed E-state index contributed by atoms with van der Waals surface area (Å²) in [6, 6.07) is 12.4. The number of carbonyl (C=O) groups excluding carboxylic acids is 2. The molecule has 130 valence electrons. The molecule has 1 aliphatic carbocycles. The zero-order valence-electron chi connectivity index (χ0n) is 14.1. The van der Waals surface area contributed by atoms with Crippen LogP contribution in [0.25, 0.3) is 0 Å². The lowest BCUT2D eigenvalue weighted by Gasteiger charge is -2.17. The van der Waals surface area contributed by atoms with Crippen LogP contribution in [0, 0.1) is 12.3 Å². The van der Waals surface area contributed by atoms with Crippen LogP contribution < -0.4 is 15.4 Å². The first kappa shape index (κ1) is 17.3. The summed E-state index contributed by atoms with van der Waals surface area (Å²) in [7, 11) is 1.53. The molecule has 2 amide bonds. The maximum Gasteiger partial charge on any atom is 0.240 e. The van der Waals surface area contributed by atoms with Crippen molar-refractivity contribution in [1.82, 2.24) is 0 Å². The van der Waals surface area contributed by atoms with Gasteiger partial charge in [-0.2, -0.15) is 0 Å². The van der Waals surface area contributed by atoms with Gasteiger partial charge in [-0.25, -0.2) is 0 Å². The molecule has 2 N–H and O–H groups in total. The second-order valence-corrected chi connectivity index (χ2v) is 6.51. The van der Waals surface area contributed by atoms with Gasteiger partial charge in [-0.3, -0.25) is 9.59 Å². The Morgan fingerprint density at radius 2 is 1.60 bits per heavy atom. The second-order valence-electron chi connectivity index (χ2n) is 6.10. The molecule has 2 aromatic rings. The molecule has 1 aliphatic rings. The van der Waals surface area contributed by atoms with Gasteiger partial charge in [-0.1, -0.05) is 29.8 Å². The highest BCUT2D eigenvalue weighted by Gasteiger charge is 2.56. The van der Waals surface area contributed by atoms with E-state index in [0.29, 0.717) is 35.0 Å². The van der Waals surface area contributed by atoms with Gasteiger partial charge in [0.15, 0.2) is 0 Å². The monoisotopic (exact) mass is 358 g/mol. The third-order valence-electron chi connectivity index (χ3n) is 4.49. The molecule has 5 nitrogen and oxygen atoms in total. The Bertz CT molecular complexity index is 831. The first-order valence-electron chi connectivity index (χ1n) is 7.99. The van der Waals surface area contributed by atoms with Crippen molar-refractivity contribution in [3.05, 3.63) is 53.1 Å². The van der Waals surface area contributed by atoms with Crippen LogP contribution in [0.5, 0.6) is 5.75 Å². The van der Waals surface area contributed by atoms with Crippen LogP contribution in [-0.4, -0.2) is 18.9 Å². The van der Waals surface area contributed by atoms with E-state index in [4.69, 9.17) is 16.3 Å². The van der Waals surface area contributed by atoms with Gasteiger partial charge in [-0.15, -0.1) is 0 Å². The lowest BCUT2D eigenvalue weighted by atomic mass is 10.0. The summed E-state index contributed by atoms with van der Waals surface area (Å²) in [4.78, 5) is 25.4. The molecule has 0 spiro atoms. The maximum atomic E-state index is 12.7. The second kappa shape index (κ2) is 6.76. The molecule has 0 atom stereocenters. The molecule has 6 heteroatoms. The molecule has 25 heavy (non-hydrogen) atoms. The summed E-state index contributed by atoms with van der Waals surface area (Å²) < 4.78 is 5.23. The predicted molar refractivity (Wildman–Crippen MR) is 98.1 cm³/mol. The summed E-state index contributed by atoms with van der Waals surface area (Å²) in [6.07, 6.45) is 1.03. The van der Waals surface area contributed by atoms with Gasteiger partial charge in [0.1, 0.15) is 11.2 Å². The largest absolute Gasteiger partial charge is 0.495 e. The van der Waals surface area contributed by atoms with Crippen LogP contribution in [-0.2, 0) is 9.59 Å². The fraction of sp³-hybridized carbons (Fsp3) is 0.263. The van der Waals surface area contributed by atoms with Crippen molar-refractivity contribution in [2.75, 3.05) is 17.7 Å². The summed E-state index contributed by atoms with van der Waals surface area (Å²) in [6.45, 7) is 1.83. The Morgan fingerprint density at radius 3 is 2.24 bits per heavy atom. The Morgan fingerprint density at radius 1 is 1.00 bits per heavy atom. The van der Waals surface area contributed by atoms with Gasteiger partial charge in [0, 0.05) is 10.7 Å². The fourth-order valence-corrected chi connectivity index (χ4v) is 2.83. The van der Waals surface area contributed by atoms with Gasteiger partial charge < -0.3 is 15.4 Å². The number of hydrogen-bond acceptors (Lipinski definition) is 3. The Kier molecular flexibility index (Phi) is 4.68. The summed E-state index contributed by atoms with van der Waals surface area (Å²) in [5, 5.41) is 6.21. The van der Waals surface area contributed by atoms with Crippen molar-refractivity contribution >= 4 is 34.8 Å². The Balaban J connectivity index is 1.76. The Hall–Kier alpha value is -2.53. The van der Waals surface area contributed by atoms with Crippen LogP contribution in [0.1, 0.15) is 18.4 Å². The van der Waals surface area contributed by atoms with Crippen LogP contribution >= 0.6 is 11.6 Å². The number of benzene rings is 2. The van der Waals surface area contributed by atoms with E-state index in [1.165, 1.54) is 7.11 Å². The van der Waals surface area contributed by atoms with E-state index in [0.717, 1.165) is 5.56 Å². The number of halogens is 1. The van der Waals surface area contributed by atoms with E-state index < -0.39 is 5.41 Å². The number of nitrogens with one attached hydrogen (secondary N) is 2. The molecule has 1 saturated carbocycles. The molecule has 0 heterocycles. The number of para-hydroxylation sites is 2. The third kappa shape index (κ3) is 3.33. The first-order valence-corrected chi connectivity index (χ1v) is 8.37. The van der Waals surface area contributed by atoms with Gasteiger partial charge in [0.25, 0.3) is 0 Å². The van der Waals surface area contributed by atoms with Crippen molar-refractivity contribution in [2.24, 2.45) is 5.41 Å². The quantitative estimate of drug-likeness (QED) is 0.793. The van der Waals surface area contributed by atoms with Crippen molar-refractivity contribution in [3.63, 3.8) is 0 Å². The highest BCUT2D eigenvalue weighted by atomic mass is 35.5. The summed E-state index contributed by atoms with van der Waals surface area (Å²) in [5.74, 6) is -0.0859. The molecule has 0 bridgehead atoms. The van der Waals surface area contributed by atoms with Gasteiger partial charge in [-0.05, 0) is 49.6 Å². The highest BCUT2D eigenvalue weighted by Crippen LogP contribution is 2.48. The Labute approximate surface area is 151 Å². The molecule has 0 saturated heterocycles. The maximum absolute atomic E-state index is 12.7. The fourth-order valence-electron chi connectivity index (χ4n) is 2.66. The van der Waals surface area contributed by atoms with Crippen LogP contribution in [0.3, 0.4) is 0 Å². The average Bonchev–Trinajstić information content (AvgIpc) is 3.41. The topological polar surface area (TPSA) is 67.4 Å². The van der Waals surface area contributed by atoms with E-state index in [2.05, 4.69) is 10.6 Å². The van der Waals surface area contributed by atoms with Crippen LogP contribution in [0.2, 0.25) is 5.02 Å². The first-order chi connectivity index (χ1) is 12.0. The highest BCUT2D eigenvalue weighted by molar-refractivity contribution is 6.31. The number of rotatable bonds is 5. The van der Waals surface area contributed by atoms with Crippen molar-refractivity contribution in [1.29, 1.82) is 0 Å². The molecule has 1 fully saturated rings. The predicted octanol–water partition coefficient (Wildman–Crippen LogP) is 4.01. The van der Waals surface area contributed by atoms with Gasteiger partial charge >= 0.3 is 0 Å².